The Morgan fingerprint density at radius 1 is 1.18 bits per heavy atom. The monoisotopic (exact) mass is 502 g/mol. The van der Waals surface area contributed by atoms with Crippen molar-refractivity contribution in [2.24, 2.45) is 4.99 Å². The number of likely N-dealkylation sites (tertiary alicyclic amines) is 1. The predicted octanol–water partition coefficient (Wildman–Crippen LogP) is 3.64. The number of benzene rings is 1. The maximum atomic E-state index is 11.8. The van der Waals surface area contributed by atoms with Crippen LogP contribution >= 0.6 is 24.0 Å². The second-order valence-electron chi connectivity index (χ2n) is 7.11. The molecule has 0 atom stereocenters. The zero-order valence-corrected chi connectivity index (χ0v) is 19.9. The predicted molar refractivity (Wildman–Crippen MR) is 126 cm³/mol. The Labute approximate surface area is 186 Å². The Hall–Kier alpha value is -1.51. The molecule has 1 aromatic carbocycles. The molecule has 1 heterocycles. The number of piperidine rings is 1. The molecule has 0 bridgehead atoms. The fourth-order valence-corrected chi connectivity index (χ4v) is 3.44. The number of nitrogens with zero attached hydrogens (tertiary/aromatic N) is 2. The first-order valence-electron chi connectivity index (χ1n) is 10.1. The van der Waals surface area contributed by atoms with E-state index in [0.29, 0.717) is 12.6 Å². The lowest BCUT2D eigenvalue weighted by Crippen LogP contribution is -2.50. The van der Waals surface area contributed by atoms with E-state index < -0.39 is 0 Å². The van der Waals surface area contributed by atoms with Gasteiger partial charge in [0, 0.05) is 32.2 Å². The molecule has 1 amide bonds. The number of nitrogens with one attached hydrogen (secondary N) is 2. The van der Waals surface area contributed by atoms with Crippen molar-refractivity contribution >= 4 is 36.0 Å². The molecule has 2 rings (SSSR count). The maximum absolute atomic E-state index is 11.8. The first-order chi connectivity index (χ1) is 13.0. The van der Waals surface area contributed by atoms with Crippen LogP contribution in [-0.4, -0.2) is 55.8 Å². The molecule has 0 spiro atoms. The van der Waals surface area contributed by atoms with E-state index in [2.05, 4.69) is 49.6 Å². The first-order valence-corrected chi connectivity index (χ1v) is 10.1. The van der Waals surface area contributed by atoms with Crippen molar-refractivity contribution in [3.05, 3.63) is 34.9 Å². The summed E-state index contributed by atoms with van der Waals surface area (Å²) in [5.74, 6) is 0.858. The number of hydrogen-bond acceptors (Lipinski definition) is 3. The van der Waals surface area contributed by atoms with Gasteiger partial charge in [0.15, 0.2) is 5.96 Å². The van der Waals surface area contributed by atoms with Crippen LogP contribution in [0.25, 0.3) is 0 Å². The molecule has 0 aliphatic carbocycles. The van der Waals surface area contributed by atoms with Crippen molar-refractivity contribution in [2.45, 2.75) is 53.0 Å². The third-order valence-corrected chi connectivity index (χ3v) is 4.66. The van der Waals surface area contributed by atoms with Gasteiger partial charge in [-0.1, -0.05) is 29.3 Å². The van der Waals surface area contributed by atoms with Gasteiger partial charge in [-0.2, -0.15) is 0 Å². The molecule has 1 fully saturated rings. The quantitative estimate of drug-likeness (QED) is 0.354. The molecule has 6 nitrogen and oxygen atoms in total. The van der Waals surface area contributed by atoms with Crippen molar-refractivity contribution in [1.29, 1.82) is 0 Å². The molecule has 28 heavy (non-hydrogen) atoms. The topological polar surface area (TPSA) is 66.0 Å². The lowest BCUT2D eigenvalue weighted by atomic mass is 10.1. The van der Waals surface area contributed by atoms with E-state index in [9.17, 15) is 4.79 Å². The van der Waals surface area contributed by atoms with E-state index in [0.717, 1.165) is 51.4 Å². The number of halogens is 1. The normalized spacial score (nSPS) is 15.0. The fraction of sp³-hybridized carbons (Fsp3) is 0.619. The smallest absolute Gasteiger partial charge is 0.409 e. The van der Waals surface area contributed by atoms with Gasteiger partial charge in [0.2, 0.25) is 0 Å². The molecule has 1 saturated heterocycles. The second kappa shape index (κ2) is 12.9. The van der Waals surface area contributed by atoms with Gasteiger partial charge in [-0.05, 0) is 52.5 Å². The molecule has 7 heteroatoms. The Morgan fingerprint density at radius 2 is 1.82 bits per heavy atom. The Balaban J connectivity index is 0.00000392. The number of amides is 1. The second-order valence-corrected chi connectivity index (χ2v) is 7.11. The largest absolute Gasteiger partial charge is 0.450 e. The van der Waals surface area contributed by atoms with Crippen molar-refractivity contribution < 1.29 is 9.53 Å². The molecule has 0 radical (unpaired) electrons. The van der Waals surface area contributed by atoms with Gasteiger partial charge in [0.05, 0.1) is 6.61 Å². The summed E-state index contributed by atoms with van der Waals surface area (Å²) in [7, 11) is 0. The minimum Gasteiger partial charge on any atom is -0.450 e. The van der Waals surface area contributed by atoms with Crippen LogP contribution < -0.4 is 10.6 Å². The molecule has 1 aliphatic heterocycles. The van der Waals surface area contributed by atoms with Crippen molar-refractivity contribution in [3.8, 4) is 0 Å². The summed E-state index contributed by atoms with van der Waals surface area (Å²) in [6, 6.07) is 6.98. The SMILES string of the molecule is CCNC(=NCCc1cc(C)cc(C)c1)NC1CCN(C(=O)OCC)CC1.I. The number of carbonyl (C=O) groups excluding carboxylic acids is 1. The van der Waals surface area contributed by atoms with Crippen LogP contribution in [-0.2, 0) is 11.2 Å². The number of aryl methyl sites for hydroxylation is 2. The summed E-state index contributed by atoms with van der Waals surface area (Å²) in [5.41, 5.74) is 3.93. The number of aliphatic imine (C=N–C) groups is 1. The highest BCUT2D eigenvalue weighted by Gasteiger charge is 2.23. The van der Waals surface area contributed by atoms with Crippen molar-refractivity contribution in [1.82, 2.24) is 15.5 Å². The molecule has 1 aromatic rings. The third kappa shape index (κ3) is 8.24. The number of guanidine groups is 1. The molecule has 1 aliphatic rings. The number of ether oxygens (including phenoxy) is 1. The van der Waals surface area contributed by atoms with E-state index in [4.69, 9.17) is 9.73 Å². The fourth-order valence-electron chi connectivity index (χ4n) is 3.44. The van der Waals surface area contributed by atoms with Crippen LogP contribution in [0.4, 0.5) is 4.79 Å². The summed E-state index contributed by atoms with van der Waals surface area (Å²) in [4.78, 5) is 18.3. The van der Waals surface area contributed by atoms with E-state index in [1.165, 1.54) is 16.7 Å². The third-order valence-electron chi connectivity index (χ3n) is 4.66. The standard InChI is InChI=1S/C21H34N4O2.HI/c1-5-22-20(23-10-7-18-14-16(3)13-17(4)15-18)24-19-8-11-25(12-9-19)21(26)27-6-2;/h13-15,19H,5-12H2,1-4H3,(H2,22,23,24);1H. The van der Waals surface area contributed by atoms with Gasteiger partial charge in [0.1, 0.15) is 0 Å². The highest BCUT2D eigenvalue weighted by Crippen LogP contribution is 2.12. The minimum atomic E-state index is -0.204. The van der Waals surface area contributed by atoms with Crippen molar-refractivity contribution in [3.63, 3.8) is 0 Å². The zero-order chi connectivity index (χ0) is 19.6. The lowest BCUT2D eigenvalue weighted by molar-refractivity contribution is 0.0963. The summed E-state index contributed by atoms with van der Waals surface area (Å²) >= 11 is 0. The zero-order valence-electron chi connectivity index (χ0n) is 17.6. The molecule has 2 N–H and O–H groups in total. The van der Waals surface area contributed by atoms with E-state index >= 15 is 0 Å². The van der Waals surface area contributed by atoms with Crippen LogP contribution in [0.15, 0.2) is 23.2 Å². The van der Waals surface area contributed by atoms with E-state index in [1.54, 1.807) is 4.90 Å². The number of hydrogen-bond donors (Lipinski definition) is 2. The molecule has 0 saturated carbocycles. The number of carbonyl (C=O) groups is 1. The van der Waals surface area contributed by atoms with Crippen LogP contribution in [0.3, 0.4) is 0 Å². The van der Waals surface area contributed by atoms with Crippen LogP contribution in [0.2, 0.25) is 0 Å². The molecular formula is C21H35IN4O2. The summed E-state index contributed by atoms with van der Waals surface area (Å²) in [5, 5.41) is 6.84. The lowest BCUT2D eigenvalue weighted by Gasteiger charge is -2.32. The molecule has 0 aromatic heterocycles. The first kappa shape index (κ1) is 24.5. The average molecular weight is 502 g/mol. The summed E-state index contributed by atoms with van der Waals surface area (Å²) in [6.45, 7) is 11.6. The highest BCUT2D eigenvalue weighted by molar-refractivity contribution is 14.0. The Morgan fingerprint density at radius 3 is 2.39 bits per heavy atom. The van der Waals surface area contributed by atoms with E-state index in [-0.39, 0.29) is 30.1 Å². The van der Waals surface area contributed by atoms with Gasteiger partial charge in [-0.15, -0.1) is 24.0 Å². The molecular weight excluding hydrogens is 467 g/mol. The van der Waals surface area contributed by atoms with Crippen LogP contribution in [0.5, 0.6) is 0 Å². The van der Waals surface area contributed by atoms with Gasteiger partial charge >= 0.3 is 6.09 Å². The maximum Gasteiger partial charge on any atom is 0.409 e. The summed E-state index contributed by atoms with van der Waals surface area (Å²) in [6.07, 6.45) is 2.53. The Kier molecular flexibility index (Phi) is 11.3. The van der Waals surface area contributed by atoms with Gasteiger partial charge in [-0.3, -0.25) is 4.99 Å². The van der Waals surface area contributed by atoms with Gasteiger partial charge in [-0.25, -0.2) is 4.79 Å². The van der Waals surface area contributed by atoms with E-state index in [1.807, 2.05) is 6.92 Å². The number of rotatable bonds is 6. The van der Waals surface area contributed by atoms with Crippen LogP contribution in [0, 0.1) is 13.8 Å². The molecule has 158 valence electrons. The van der Waals surface area contributed by atoms with Gasteiger partial charge in [0.25, 0.3) is 0 Å². The average Bonchev–Trinajstić information content (AvgIpc) is 2.62. The highest BCUT2D eigenvalue weighted by atomic mass is 127. The van der Waals surface area contributed by atoms with Gasteiger partial charge < -0.3 is 20.3 Å². The Bertz CT molecular complexity index is 623. The molecule has 0 unspecified atom stereocenters. The van der Waals surface area contributed by atoms with Crippen molar-refractivity contribution in [2.75, 3.05) is 32.8 Å². The van der Waals surface area contributed by atoms with Crippen LogP contribution in [0.1, 0.15) is 43.4 Å². The minimum absolute atomic E-state index is 0. The summed E-state index contributed by atoms with van der Waals surface area (Å²) < 4.78 is 5.08.